The van der Waals surface area contributed by atoms with Crippen molar-refractivity contribution in [3.63, 3.8) is 0 Å². The Bertz CT molecular complexity index is 797. The van der Waals surface area contributed by atoms with Gasteiger partial charge in [0.15, 0.2) is 5.82 Å². The molecule has 0 bridgehead atoms. The Morgan fingerprint density at radius 2 is 2.00 bits per heavy atom. The van der Waals surface area contributed by atoms with E-state index in [-0.39, 0.29) is 18.4 Å². The molecule has 27 heavy (non-hydrogen) atoms. The Balaban J connectivity index is 1.43. The third-order valence-electron chi connectivity index (χ3n) is 4.48. The van der Waals surface area contributed by atoms with Gasteiger partial charge in [-0.15, -0.1) is 0 Å². The molecule has 0 aliphatic carbocycles. The molecule has 0 radical (unpaired) electrons. The number of carbonyl (C=O) groups excluding carboxylic acids is 2. The van der Waals surface area contributed by atoms with Crippen LogP contribution in [0.3, 0.4) is 0 Å². The Labute approximate surface area is 158 Å². The van der Waals surface area contributed by atoms with Crippen molar-refractivity contribution >= 4 is 17.6 Å². The van der Waals surface area contributed by atoms with E-state index in [9.17, 15) is 9.59 Å². The first-order valence-corrected chi connectivity index (χ1v) is 8.90. The molecular formula is C19H24N4O4. The quantitative estimate of drug-likeness (QED) is 0.823. The lowest BCUT2D eigenvalue weighted by molar-refractivity contribution is -0.132. The summed E-state index contributed by atoms with van der Waals surface area (Å²) in [6.45, 7) is 4.58. The van der Waals surface area contributed by atoms with Crippen LogP contribution in [0, 0.1) is 6.92 Å². The summed E-state index contributed by atoms with van der Waals surface area (Å²) in [4.78, 5) is 28.5. The lowest BCUT2D eigenvalue weighted by atomic mass is 10.1. The normalized spacial score (nSPS) is 14.8. The van der Waals surface area contributed by atoms with Crippen molar-refractivity contribution in [2.75, 3.05) is 45.2 Å². The van der Waals surface area contributed by atoms with Gasteiger partial charge in [-0.05, 0) is 24.6 Å². The van der Waals surface area contributed by atoms with Gasteiger partial charge in [0, 0.05) is 32.2 Å². The molecule has 2 heterocycles. The molecule has 1 N–H and O–H groups in total. The first-order valence-electron chi connectivity index (χ1n) is 8.90. The molecule has 3 rings (SSSR count). The second-order valence-electron chi connectivity index (χ2n) is 6.56. The molecule has 8 nitrogen and oxygen atoms in total. The Morgan fingerprint density at radius 3 is 2.67 bits per heavy atom. The van der Waals surface area contributed by atoms with E-state index in [1.165, 1.54) is 0 Å². The van der Waals surface area contributed by atoms with E-state index < -0.39 is 0 Å². The van der Waals surface area contributed by atoms with Gasteiger partial charge in [-0.25, -0.2) is 0 Å². The van der Waals surface area contributed by atoms with Gasteiger partial charge in [0.2, 0.25) is 11.8 Å². The molecule has 1 aliphatic rings. The standard InChI is InChI=1S/C19H24N4O4/c1-14-10-17(21-27-14)20-18(24)13-22-6-8-23(9-7-22)19(25)12-15-4-3-5-16(11-15)26-2/h3-5,10-11H,6-9,12-13H2,1-2H3,(H,20,21,24). The Morgan fingerprint density at radius 1 is 1.22 bits per heavy atom. The third-order valence-corrected chi connectivity index (χ3v) is 4.48. The largest absolute Gasteiger partial charge is 0.497 e. The lowest BCUT2D eigenvalue weighted by Gasteiger charge is -2.34. The van der Waals surface area contributed by atoms with Crippen LogP contribution in [0.4, 0.5) is 5.82 Å². The molecule has 0 spiro atoms. The number of nitrogens with one attached hydrogen (secondary N) is 1. The molecule has 2 amide bonds. The molecule has 8 heteroatoms. The predicted octanol–water partition coefficient (Wildman–Crippen LogP) is 1.32. The highest BCUT2D eigenvalue weighted by Crippen LogP contribution is 2.14. The minimum absolute atomic E-state index is 0.0884. The van der Waals surface area contributed by atoms with Gasteiger partial charge in [-0.3, -0.25) is 14.5 Å². The molecule has 1 aromatic heterocycles. The second kappa shape index (κ2) is 8.68. The summed E-state index contributed by atoms with van der Waals surface area (Å²) in [5.74, 6) is 1.77. The number of ether oxygens (including phenoxy) is 1. The predicted molar refractivity (Wildman–Crippen MR) is 99.6 cm³/mol. The van der Waals surface area contributed by atoms with Gasteiger partial charge in [0.25, 0.3) is 0 Å². The van der Waals surface area contributed by atoms with E-state index in [0.29, 0.717) is 44.2 Å². The molecule has 0 unspecified atom stereocenters. The van der Waals surface area contributed by atoms with E-state index in [4.69, 9.17) is 9.26 Å². The summed E-state index contributed by atoms with van der Waals surface area (Å²) in [7, 11) is 1.61. The number of hydrogen-bond acceptors (Lipinski definition) is 6. The molecule has 0 saturated carbocycles. The molecule has 1 aromatic carbocycles. The number of rotatable bonds is 6. The first kappa shape index (κ1) is 18.9. The molecule has 1 fully saturated rings. The molecule has 1 aliphatic heterocycles. The zero-order valence-corrected chi connectivity index (χ0v) is 15.6. The zero-order valence-electron chi connectivity index (χ0n) is 15.6. The maximum atomic E-state index is 12.5. The van der Waals surface area contributed by atoms with Crippen LogP contribution in [0.5, 0.6) is 5.75 Å². The fraction of sp³-hybridized carbons (Fsp3) is 0.421. The van der Waals surface area contributed by atoms with Gasteiger partial charge in [-0.2, -0.15) is 0 Å². The molecule has 2 aromatic rings. The molecular weight excluding hydrogens is 348 g/mol. The Hall–Kier alpha value is -2.87. The number of anilines is 1. The highest BCUT2D eigenvalue weighted by atomic mass is 16.5. The van der Waals surface area contributed by atoms with Crippen molar-refractivity contribution in [3.05, 3.63) is 41.7 Å². The van der Waals surface area contributed by atoms with Crippen LogP contribution in [-0.4, -0.2) is 66.6 Å². The number of piperazine rings is 1. The van der Waals surface area contributed by atoms with Crippen LogP contribution >= 0.6 is 0 Å². The third kappa shape index (κ3) is 5.30. The molecule has 1 saturated heterocycles. The number of amides is 2. The van der Waals surface area contributed by atoms with Gasteiger partial charge < -0.3 is 19.5 Å². The van der Waals surface area contributed by atoms with Crippen molar-refractivity contribution in [1.29, 1.82) is 0 Å². The first-order chi connectivity index (χ1) is 13.0. The van der Waals surface area contributed by atoms with Crippen molar-refractivity contribution < 1.29 is 18.8 Å². The number of nitrogens with zero attached hydrogens (tertiary/aromatic N) is 3. The summed E-state index contributed by atoms with van der Waals surface area (Å²) < 4.78 is 10.1. The van der Waals surface area contributed by atoms with E-state index in [2.05, 4.69) is 10.5 Å². The minimum Gasteiger partial charge on any atom is -0.497 e. The van der Waals surface area contributed by atoms with Crippen LogP contribution in [0.15, 0.2) is 34.9 Å². The monoisotopic (exact) mass is 372 g/mol. The number of hydrogen-bond donors (Lipinski definition) is 1. The van der Waals surface area contributed by atoms with Crippen LogP contribution in [-0.2, 0) is 16.0 Å². The highest BCUT2D eigenvalue weighted by molar-refractivity contribution is 5.91. The summed E-state index contributed by atoms with van der Waals surface area (Å²) >= 11 is 0. The average molecular weight is 372 g/mol. The van der Waals surface area contributed by atoms with E-state index in [1.807, 2.05) is 34.1 Å². The summed E-state index contributed by atoms with van der Waals surface area (Å²) in [6, 6.07) is 9.22. The average Bonchev–Trinajstić information content (AvgIpc) is 3.07. The van der Waals surface area contributed by atoms with Crippen LogP contribution in [0.25, 0.3) is 0 Å². The van der Waals surface area contributed by atoms with Gasteiger partial charge >= 0.3 is 0 Å². The zero-order chi connectivity index (χ0) is 19.2. The van der Waals surface area contributed by atoms with Crippen LogP contribution in [0.1, 0.15) is 11.3 Å². The molecule has 0 atom stereocenters. The lowest BCUT2D eigenvalue weighted by Crippen LogP contribution is -2.50. The van der Waals surface area contributed by atoms with Crippen molar-refractivity contribution in [2.45, 2.75) is 13.3 Å². The maximum absolute atomic E-state index is 12.5. The maximum Gasteiger partial charge on any atom is 0.239 e. The number of benzene rings is 1. The highest BCUT2D eigenvalue weighted by Gasteiger charge is 2.22. The number of aryl methyl sites for hydroxylation is 1. The summed E-state index contributed by atoms with van der Waals surface area (Å²) in [5, 5.41) is 6.46. The Kier molecular flexibility index (Phi) is 6.08. The molecule has 144 valence electrons. The fourth-order valence-corrected chi connectivity index (χ4v) is 3.04. The van der Waals surface area contributed by atoms with Crippen molar-refractivity contribution in [3.8, 4) is 5.75 Å². The van der Waals surface area contributed by atoms with Gasteiger partial charge in [0.05, 0.1) is 20.1 Å². The topological polar surface area (TPSA) is 87.9 Å². The van der Waals surface area contributed by atoms with Crippen LogP contribution in [0.2, 0.25) is 0 Å². The summed E-state index contributed by atoms with van der Waals surface area (Å²) in [5.41, 5.74) is 0.934. The van der Waals surface area contributed by atoms with Crippen molar-refractivity contribution in [2.24, 2.45) is 0 Å². The van der Waals surface area contributed by atoms with Gasteiger partial charge in [-0.1, -0.05) is 17.3 Å². The SMILES string of the molecule is COc1cccc(CC(=O)N2CCN(CC(=O)Nc3cc(C)on3)CC2)c1. The number of aromatic nitrogens is 1. The number of carbonyl (C=O) groups is 2. The van der Waals surface area contributed by atoms with E-state index >= 15 is 0 Å². The van der Waals surface area contributed by atoms with Crippen molar-refractivity contribution in [1.82, 2.24) is 15.0 Å². The van der Waals surface area contributed by atoms with E-state index in [1.54, 1.807) is 20.1 Å². The summed E-state index contributed by atoms with van der Waals surface area (Å²) in [6.07, 6.45) is 0.350. The fourth-order valence-electron chi connectivity index (χ4n) is 3.04. The second-order valence-corrected chi connectivity index (χ2v) is 6.56. The van der Waals surface area contributed by atoms with Gasteiger partial charge in [0.1, 0.15) is 11.5 Å². The number of methoxy groups -OCH3 is 1. The van der Waals surface area contributed by atoms with E-state index in [0.717, 1.165) is 11.3 Å². The minimum atomic E-state index is -0.139. The van der Waals surface area contributed by atoms with Crippen LogP contribution < -0.4 is 10.1 Å². The smallest absolute Gasteiger partial charge is 0.239 e.